The van der Waals surface area contributed by atoms with E-state index < -0.39 is 0 Å². The Labute approximate surface area is 111 Å². The van der Waals surface area contributed by atoms with Crippen LogP contribution in [0.15, 0.2) is 41.2 Å². The van der Waals surface area contributed by atoms with Gasteiger partial charge in [0, 0.05) is 37.3 Å². The molecule has 1 aromatic heterocycles. The van der Waals surface area contributed by atoms with Crippen molar-refractivity contribution in [3.8, 4) is 0 Å². The molecule has 0 unspecified atom stereocenters. The zero-order valence-corrected chi connectivity index (χ0v) is 11.4. The summed E-state index contributed by atoms with van der Waals surface area (Å²) in [6, 6.07) is 11.4. The fourth-order valence-corrected chi connectivity index (χ4v) is 1.80. The van der Waals surface area contributed by atoms with E-state index >= 15 is 0 Å². The van der Waals surface area contributed by atoms with E-state index in [9.17, 15) is 4.79 Å². The molecule has 0 fully saturated rings. The number of hydrogen-bond acceptors (Lipinski definition) is 3. The van der Waals surface area contributed by atoms with E-state index in [2.05, 4.69) is 9.97 Å². The number of hydrogen-bond donors (Lipinski definition) is 1. The Bertz CT molecular complexity index is 751. The van der Waals surface area contributed by atoms with Crippen LogP contribution < -0.4 is 16.3 Å². The molecular weight excluding hydrogens is 388 g/mol. The summed E-state index contributed by atoms with van der Waals surface area (Å²) in [5, 5.41) is 2.54. The van der Waals surface area contributed by atoms with Gasteiger partial charge in [0.25, 0.3) is 0 Å². The standard InChI is InChI=1S/C12H9N3O.Re/c13-12-14-10-6-8-4-2-1-3-7(8)5-9(10)11(16)15-12;/h1-6H,(H3,13,14,15,16);/p-1. The van der Waals surface area contributed by atoms with Crippen LogP contribution in [0.2, 0.25) is 0 Å². The maximum atomic E-state index is 11.6. The normalized spacial score (nSPS) is 10.4. The summed E-state index contributed by atoms with van der Waals surface area (Å²) in [6.07, 6.45) is 0. The van der Waals surface area contributed by atoms with Crippen molar-refractivity contribution in [1.29, 1.82) is 0 Å². The molecule has 0 amide bonds. The Hall–Kier alpha value is -1.70. The summed E-state index contributed by atoms with van der Waals surface area (Å²) in [4.78, 5) is 19.3. The van der Waals surface area contributed by atoms with Gasteiger partial charge in [0.05, 0.1) is 0 Å². The number of aromatic nitrogens is 2. The van der Waals surface area contributed by atoms with Crippen LogP contribution in [0.5, 0.6) is 0 Å². The summed E-state index contributed by atoms with van der Waals surface area (Å²) < 4.78 is 0. The number of rotatable bonds is 0. The van der Waals surface area contributed by atoms with Gasteiger partial charge in [0.1, 0.15) is 0 Å². The van der Waals surface area contributed by atoms with Gasteiger partial charge in [-0.05, 0) is 22.9 Å². The molecule has 2 N–H and O–H groups in total. The van der Waals surface area contributed by atoms with Crippen molar-refractivity contribution in [2.75, 3.05) is 5.73 Å². The summed E-state index contributed by atoms with van der Waals surface area (Å²) in [7, 11) is 0. The Morgan fingerprint density at radius 3 is 2.47 bits per heavy atom. The molecule has 1 radical (unpaired) electrons. The Balaban J connectivity index is 0.00000108. The van der Waals surface area contributed by atoms with Crippen molar-refractivity contribution >= 4 is 27.6 Å². The summed E-state index contributed by atoms with van der Waals surface area (Å²) in [5.41, 5.74) is 5.71. The predicted octanol–water partition coefficient (Wildman–Crippen LogP) is 1.29. The minimum atomic E-state index is -0.326. The molecule has 5 heteroatoms. The van der Waals surface area contributed by atoms with Crippen LogP contribution in [-0.2, 0) is 20.4 Å². The third-order valence-electron chi connectivity index (χ3n) is 2.55. The second-order valence-electron chi connectivity index (χ2n) is 3.60. The van der Waals surface area contributed by atoms with Crippen molar-refractivity contribution in [3.63, 3.8) is 0 Å². The quantitative estimate of drug-likeness (QED) is 0.582. The van der Waals surface area contributed by atoms with Crippen molar-refractivity contribution in [3.05, 3.63) is 46.8 Å². The van der Waals surface area contributed by atoms with Crippen LogP contribution in [0.3, 0.4) is 0 Å². The third kappa shape index (κ3) is 1.95. The molecule has 4 nitrogen and oxygen atoms in total. The molecule has 0 atom stereocenters. The topological polar surface area (TPSA) is 70.1 Å². The van der Waals surface area contributed by atoms with E-state index in [4.69, 9.17) is 5.73 Å². The minimum absolute atomic E-state index is 0. The van der Waals surface area contributed by atoms with Crippen molar-refractivity contribution in [1.82, 2.24) is 9.97 Å². The van der Waals surface area contributed by atoms with Crippen molar-refractivity contribution in [2.45, 2.75) is 0 Å². The first kappa shape index (κ1) is 11.8. The fourth-order valence-electron chi connectivity index (χ4n) is 1.80. The molecule has 1 heterocycles. The number of nitrogens with zero attached hydrogens (tertiary/aromatic N) is 2. The van der Waals surface area contributed by atoms with E-state index in [1.165, 1.54) is 0 Å². The van der Waals surface area contributed by atoms with Gasteiger partial charge >= 0.3 is 0 Å². The van der Waals surface area contributed by atoms with Gasteiger partial charge in [-0.2, -0.15) is 0 Å². The van der Waals surface area contributed by atoms with Crippen LogP contribution >= 0.6 is 0 Å². The number of nitrogens with two attached hydrogens (primary N) is 1. The van der Waals surface area contributed by atoms with E-state index in [0.717, 1.165) is 10.8 Å². The van der Waals surface area contributed by atoms with Crippen LogP contribution in [-0.4, -0.2) is 4.98 Å². The van der Waals surface area contributed by atoms with Crippen LogP contribution in [0.25, 0.3) is 21.7 Å². The molecule has 3 rings (SSSR count). The van der Waals surface area contributed by atoms with Crippen LogP contribution in [0, 0.1) is 0 Å². The molecule has 0 bridgehead atoms. The molecule has 17 heavy (non-hydrogen) atoms. The number of anilines is 1. The van der Waals surface area contributed by atoms with Crippen LogP contribution in [0.1, 0.15) is 0 Å². The average molecular weight is 396 g/mol. The van der Waals surface area contributed by atoms with E-state index in [-0.39, 0.29) is 31.9 Å². The van der Waals surface area contributed by atoms with Gasteiger partial charge < -0.3 is 15.7 Å². The molecule has 0 saturated heterocycles. The number of fused-ring (bicyclic) bond motifs is 2. The van der Waals surface area contributed by atoms with E-state index in [0.29, 0.717) is 10.9 Å². The zero-order valence-electron chi connectivity index (χ0n) is 8.72. The molecule has 2 aromatic carbocycles. The summed E-state index contributed by atoms with van der Waals surface area (Å²) >= 11 is 0. The number of nitrogen functional groups attached to an aromatic ring is 1. The van der Waals surface area contributed by atoms with Crippen molar-refractivity contribution < 1.29 is 20.4 Å². The number of benzene rings is 2. The molecular formula is C12H8N3ORe-. The molecule has 0 aliphatic carbocycles. The fraction of sp³-hybridized carbons (Fsp3) is 0. The van der Waals surface area contributed by atoms with Gasteiger partial charge in [0.2, 0.25) is 5.56 Å². The SMILES string of the molecule is Nc1nc2cc3ccccc3cc2c(=O)[n-]1.[Re]. The van der Waals surface area contributed by atoms with Gasteiger partial charge in [0.15, 0.2) is 0 Å². The second-order valence-corrected chi connectivity index (χ2v) is 3.60. The van der Waals surface area contributed by atoms with E-state index in [1.54, 1.807) is 6.07 Å². The molecule has 0 aliphatic heterocycles. The molecule has 0 spiro atoms. The van der Waals surface area contributed by atoms with Gasteiger partial charge in [-0.1, -0.05) is 24.3 Å². The second kappa shape index (κ2) is 4.29. The molecule has 0 aliphatic rings. The molecule has 3 aromatic rings. The smallest absolute Gasteiger partial charge is 0.211 e. The summed E-state index contributed by atoms with van der Waals surface area (Å²) in [6.45, 7) is 0. The first-order valence-corrected chi connectivity index (χ1v) is 4.87. The first-order valence-electron chi connectivity index (χ1n) is 4.87. The minimum Gasteiger partial charge on any atom is -0.453 e. The maximum absolute atomic E-state index is 11.6. The zero-order chi connectivity index (χ0) is 11.1. The maximum Gasteiger partial charge on any atom is 0.211 e. The Morgan fingerprint density at radius 1 is 1.12 bits per heavy atom. The monoisotopic (exact) mass is 397 g/mol. The molecule has 0 saturated carbocycles. The van der Waals surface area contributed by atoms with Gasteiger partial charge in [-0.25, -0.2) is 0 Å². The summed E-state index contributed by atoms with van der Waals surface area (Å²) in [5.74, 6) is 0.0211. The van der Waals surface area contributed by atoms with E-state index in [1.807, 2.05) is 30.3 Å². The first-order chi connectivity index (χ1) is 7.74. The van der Waals surface area contributed by atoms with Gasteiger partial charge in [-0.15, -0.1) is 0 Å². The van der Waals surface area contributed by atoms with Crippen LogP contribution in [0.4, 0.5) is 5.95 Å². The Morgan fingerprint density at radius 2 is 1.76 bits per heavy atom. The van der Waals surface area contributed by atoms with Gasteiger partial charge in [-0.3, -0.25) is 4.79 Å². The molecule has 85 valence electrons. The average Bonchev–Trinajstić information content (AvgIpc) is 2.27. The Kier molecular flexibility index (Phi) is 2.97. The third-order valence-corrected chi connectivity index (χ3v) is 2.55. The predicted molar refractivity (Wildman–Crippen MR) is 63.3 cm³/mol. The van der Waals surface area contributed by atoms with Crippen molar-refractivity contribution in [2.24, 2.45) is 0 Å². The largest absolute Gasteiger partial charge is 0.453 e.